The van der Waals surface area contributed by atoms with Gasteiger partial charge in [-0.2, -0.15) is 9.34 Å². The Balaban J connectivity index is 1.28. The maximum absolute atomic E-state index is 12.7. The number of halogens is 1. The van der Waals surface area contributed by atoms with E-state index in [1.54, 1.807) is 29.1 Å². The number of benzene rings is 1. The SMILES string of the molecule is CC1=c2c(N3CC[C@H](NC(=O)c4ccn(-c5ccc(Cl)cc5)n4)C3)ncc[n+]2=CC1. The molecule has 1 fully saturated rings. The van der Waals surface area contributed by atoms with Gasteiger partial charge in [0.1, 0.15) is 0 Å². The number of rotatable bonds is 4. The Bertz CT molecular complexity index is 1230. The monoisotopic (exact) mass is 421 g/mol. The predicted octanol–water partition coefficient (Wildman–Crippen LogP) is 1.80. The van der Waals surface area contributed by atoms with Crippen LogP contribution in [0.1, 0.15) is 30.3 Å². The predicted molar refractivity (Wildman–Crippen MR) is 114 cm³/mol. The molecule has 5 rings (SSSR count). The summed E-state index contributed by atoms with van der Waals surface area (Å²) in [7, 11) is 0. The van der Waals surface area contributed by atoms with Crippen LogP contribution in [0.25, 0.3) is 11.3 Å². The third-order valence-electron chi connectivity index (χ3n) is 5.63. The van der Waals surface area contributed by atoms with Crippen molar-refractivity contribution in [3.63, 3.8) is 0 Å². The lowest BCUT2D eigenvalue weighted by Gasteiger charge is -2.16. The molecule has 0 spiro atoms. The highest BCUT2D eigenvalue weighted by molar-refractivity contribution is 6.30. The van der Waals surface area contributed by atoms with E-state index in [2.05, 4.69) is 37.7 Å². The second kappa shape index (κ2) is 7.57. The van der Waals surface area contributed by atoms with Crippen molar-refractivity contribution < 1.29 is 9.04 Å². The van der Waals surface area contributed by atoms with Crippen LogP contribution in [-0.2, 0) is 0 Å². The molecule has 1 saturated heterocycles. The molecule has 2 aliphatic rings. The normalized spacial score (nSPS) is 17.7. The molecule has 1 aromatic carbocycles. The molecule has 152 valence electrons. The summed E-state index contributed by atoms with van der Waals surface area (Å²) in [4.78, 5) is 19.6. The van der Waals surface area contributed by atoms with Crippen LogP contribution in [-0.4, -0.2) is 39.8 Å². The Hall–Kier alpha value is -3.19. The number of fused-ring (bicyclic) bond motifs is 1. The third kappa shape index (κ3) is 3.45. The first-order valence-corrected chi connectivity index (χ1v) is 10.4. The van der Waals surface area contributed by atoms with Crippen LogP contribution in [0.2, 0.25) is 5.02 Å². The Morgan fingerprint density at radius 2 is 2.10 bits per heavy atom. The summed E-state index contributed by atoms with van der Waals surface area (Å²) in [6.07, 6.45) is 9.60. The summed E-state index contributed by atoms with van der Waals surface area (Å²) in [6.45, 7) is 3.75. The molecule has 1 atom stereocenters. The van der Waals surface area contributed by atoms with Gasteiger partial charge in [0.05, 0.1) is 18.3 Å². The number of hydrogen-bond donors (Lipinski definition) is 1. The van der Waals surface area contributed by atoms with Gasteiger partial charge in [0.2, 0.25) is 5.82 Å². The quantitative estimate of drug-likeness (QED) is 0.652. The summed E-state index contributed by atoms with van der Waals surface area (Å²) in [6, 6.07) is 9.13. The minimum Gasteiger partial charge on any atom is -0.349 e. The van der Waals surface area contributed by atoms with Gasteiger partial charge in [-0.05, 0) is 43.7 Å². The summed E-state index contributed by atoms with van der Waals surface area (Å²) in [5.41, 5.74) is 2.57. The molecule has 0 unspecified atom stereocenters. The van der Waals surface area contributed by atoms with Gasteiger partial charge in [0.15, 0.2) is 18.1 Å². The van der Waals surface area contributed by atoms with Gasteiger partial charge in [-0.3, -0.25) is 4.79 Å². The van der Waals surface area contributed by atoms with Crippen molar-refractivity contribution >= 4 is 28.9 Å². The van der Waals surface area contributed by atoms with Gasteiger partial charge in [-0.1, -0.05) is 11.6 Å². The molecule has 3 aromatic rings. The van der Waals surface area contributed by atoms with Gasteiger partial charge in [-0.15, -0.1) is 0 Å². The topological polar surface area (TPSA) is 69.0 Å². The maximum Gasteiger partial charge on any atom is 0.272 e. The molecule has 0 bridgehead atoms. The number of aromatic nitrogens is 4. The summed E-state index contributed by atoms with van der Waals surface area (Å²) < 4.78 is 3.82. The van der Waals surface area contributed by atoms with E-state index in [4.69, 9.17) is 11.6 Å². The number of carbonyl (C=O) groups excluding carboxylic acids is 1. The van der Waals surface area contributed by atoms with Crippen molar-refractivity contribution in [3.05, 3.63) is 71.2 Å². The van der Waals surface area contributed by atoms with Gasteiger partial charge >= 0.3 is 0 Å². The fraction of sp³-hybridized carbons (Fsp3) is 0.273. The highest BCUT2D eigenvalue weighted by Crippen LogP contribution is 2.17. The van der Waals surface area contributed by atoms with Crippen LogP contribution >= 0.6 is 11.6 Å². The van der Waals surface area contributed by atoms with Crippen molar-refractivity contribution in [2.45, 2.75) is 25.8 Å². The van der Waals surface area contributed by atoms with Crippen LogP contribution < -0.4 is 19.8 Å². The lowest BCUT2D eigenvalue weighted by Crippen LogP contribution is -2.43. The van der Waals surface area contributed by atoms with E-state index in [-0.39, 0.29) is 11.9 Å². The minimum atomic E-state index is -0.161. The van der Waals surface area contributed by atoms with Crippen molar-refractivity contribution in [2.75, 3.05) is 18.0 Å². The van der Waals surface area contributed by atoms with Crippen molar-refractivity contribution in [2.24, 2.45) is 0 Å². The van der Waals surface area contributed by atoms with E-state index in [1.165, 1.54) is 10.9 Å². The lowest BCUT2D eigenvalue weighted by atomic mass is 10.2. The van der Waals surface area contributed by atoms with E-state index in [1.807, 2.05) is 24.5 Å². The number of hydrogen-bond acceptors (Lipinski definition) is 4. The van der Waals surface area contributed by atoms with Gasteiger partial charge in [0.25, 0.3) is 11.3 Å². The summed E-state index contributed by atoms with van der Waals surface area (Å²) >= 11 is 5.94. The van der Waals surface area contributed by atoms with Crippen molar-refractivity contribution in [3.8, 4) is 5.69 Å². The van der Waals surface area contributed by atoms with E-state index in [0.717, 1.165) is 37.4 Å². The average Bonchev–Trinajstić information content (AvgIpc) is 3.49. The largest absolute Gasteiger partial charge is 0.349 e. The summed E-state index contributed by atoms with van der Waals surface area (Å²) in [5.74, 6) is 0.832. The number of nitrogens with zero attached hydrogens (tertiary/aromatic N) is 5. The zero-order chi connectivity index (χ0) is 20.7. The van der Waals surface area contributed by atoms with Crippen LogP contribution in [0.5, 0.6) is 0 Å². The molecule has 1 amide bonds. The van der Waals surface area contributed by atoms with Crippen LogP contribution in [0.4, 0.5) is 5.82 Å². The van der Waals surface area contributed by atoms with Crippen molar-refractivity contribution in [1.82, 2.24) is 20.1 Å². The van der Waals surface area contributed by atoms with Crippen LogP contribution in [0, 0.1) is 6.21 Å². The van der Waals surface area contributed by atoms with E-state index < -0.39 is 0 Å². The van der Waals surface area contributed by atoms with E-state index in [0.29, 0.717) is 10.7 Å². The van der Waals surface area contributed by atoms with Crippen molar-refractivity contribution in [1.29, 1.82) is 0 Å². The molecule has 7 nitrogen and oxygen atoms in total. The van der Waals surface area contributed by atoms with Crippen LogP contribution in [0.15, 0.2) is 48.9 Å². The number of anilines is 1. The summed E-state index contributed by atoms with van der Waals surface area (Å²) in [5, 5.41) is 9.37. The first-order chi connectivity index (χ1) is 14.6. The molecule has 0 radical (unpaired) electrons. The number of carbonyl (C=O) groups is 1. The van der Waals surface area contributed by atoms with Gasteiger partial charge in [0, 0.05) is 35.9 Å². The number of nitrogens with one attached hydrogen (secondary N) is 1. The molecule has 4 heterocycles. The molecular weight excluding hydrogens is 400 g/mol. The van der Waals surface area contributed by atoms with E-state index >= 15 is 0 Å². The second-order valence-corrected chi connectivity index (χ2v) is 8.14. The fourth-order valence-corrected chi connectivity index (χ4v) is 4.19. The highest BCUT2D eigenvalue weighted by atomic mass is 35.5. The zero-order valence-corrected chi connectivity index (χ0v) is 17.4. The van der Waals surface area contributed by atoms with Gasteiger partial charge in [-0.25, -0.2) is 9.67 Å². The smallest absolute Gasteiger partial charge is 0.272 e. The van der Waals surface area contributed by atoms with Crippen LogP contribution in [0.3, 0.4) is 0 Å². The fourth-order valence-electron chi connectivity index (χ4n) is 4.07. The Morgan fingerprint density at radius 3 is 2.93 bits per heavy atom. The molecule has 0 aliphatic carbocycles. The second-order valence-electron chi connectivity index (χ2n) is 7.70. The standard InChI is InChI=1S/C22H21ClN6O/c1-15-6-10-27-13-9-24-21(20(15)27)28-11-7-17(14-28)25-22(30)19-8-12-29(26-19)18-4-2-16(23)3-5-18/h2-5,8-10,12-13,17H,6-7,11,14H2,1H3/p+1/t17-/m0/s1. The molecule has 2 aliphatic heterocycles. The molecule has 0 saturated carbocycles. The lowest BCUT2D eigenvalue weighted by molar-refractivity contribution is -0.521. The molecule has 2 aromatic heterocycles. The first kappa shape index (κ1) is 18.8. The van der Waals surface area contributed by atoms with E-state index in [9.17, 15) is 4.79 Å². The Labute approximate surface area is 179 Å². The first-order valence-electron chi connectivity index (χ1n) is 10.0. The number of amides is 1. The molecule has 1 N–H and O–H groups in total. The third-order valence-corrected chi connectivity index (χ3v) is 5.88. The average molecular weight is 422 g/mol. The Morgan fingerprint density at radius 1 is 1.27 bits per heavy atom. The molecule has 8 heteroatoms. The minimum absolute atomic E-state index is 0.0616. The van der Waals surface area contributed by atoms with Gasteiger partial charge < -0.3 is 10.2 Å². The molecular formula is C22H22ClN6O+. The maximum atomic E-state index is 12.7. The molecule has 30 heavy (non-hydrogen) atoms. The zero-order valence-electron chi connectivity index (χ0n) is 16.6. The Kier molecular flexibility index (Phi) is 4.75. The highest BCUT2D eigenvalue weighted by Gasteiger charge is 2.29.